The molecule has 4 N–H and O–H groups in total. The number of anilines is 3. The number of rotatable bonds is 3. The third-order valence-electron chi connectivity index (χ3n) is 2.40. The molecule has 0 bridgehead atoms. The maximum absolute atomic E-state index is 6.11. The Bertz CT molecular complexity index is 575. The lowest BCUT2D eigenvalue weighted by atomic mass is 10.2. The van der Waals surface area contributed by atoms with E-state index in [2.05, 4.69) is 36.6 Å². The van der Waals surface area contributed by atoms with Crippen LogP contribution in [0.1, 0.15) is 5.56 Å². The molecule has 0 saturated carbocycles. The van der Waals surface area contributed by atoms with E-state index in [-0.39, 0.29) is 0 Å². The Morgan fingerprint density at radius 1 is 1.28 bits per heavy atom. The first-order valence-electron chi connectivity index (χ1n) is 5.12. The molecule has 1 heterocycles. The summed E-state index contributed by atoms with van der Waals surface area (Å²) in [6.07, 6.45) is 1.43. The lowest BCUT2D eigenvalue weighted by Crippen LogP contribution is -2.11. The lowest BCUT2D eigenvalue weighted by molar-refractivity contribution is 1.11. The molecule has 94 valence electrons. The van der Waals surface area contributed by atoms with Crippen LogP contribution in [0.4, 0.5) is 17.3 Å². The molecule has 1 aromatic heterocycles. The van der Waals surface area contributed by atoms with Gasteiger partial charge in [-0.15, -0.1) is 0 Å². The van der Waals surface area contributed by atoms with Crippen LogP contribution in [0.25, 0.3) is 0 Å². The van der Waals surface area contributed by atoms with Gasteiger partial charge in [0.25, 0.3) is 0 Å². The van der Waals surface area contributed by atoms with Crippen LogP contribution in [0, 0.1) is 6.92 Å². The Balaban J connectivity index is 2.37. The summed E-state index contributed by atoms with van der Waals surface area (Å²) in [5.74, 6) is 6.58. The van der Waals surface area contributed by atoms with E-state index in [0.717, 1.165) is 15.7 Å². The van der Waals surface area contributed by atoms with Gasteiger partial charge in [-0.25, -0.2) is 15.8 Å². The average Bonchev–Trinajstić information content (AvgIpc) is 2.36. The van der Waals surface area contributed by atoms with Gasteiger partial charge in [-0.05, 0) is 25.1 Å². The fourth-order valence-corrected chi connectivity index (χ4v) is 1.97. The van der Waals surface area contributed by atoms with Gasteiger partial charge in [-0.3, -0.25) is 0 Å². The minimum absolute atomic E-state index is 0.568. The van der Waals surface area contributed by atoms with Crippen molar-refractivity contribution in [2.24, 2.45) is 5.84 Å². The van der Waals surface area contributed by atoms with E-state index in [0.29, 0.717) is 16.7 Å². The normalized spacial score (nSPS) is 10.2. The van der Waals surface area contributed by atoms with Crippen molar-refractivity contribution < 1.29 is 0 Å². The van der Waals surface area contributed by atoms with Crippen molar-refractivity contribution in [1.29, 1.82) is 0 Å². The zero-order valence-electron chi connectivity index (χ0n) is 9.54. The Kier molecular flexibility index (Phi) is 4.00. The molecule has 2 rings (SSSR count). The van der Waals surface area contributed by atoms with Gasteiger partial charge in [0.05, 0.1) is 10.7 Å². The van der Waals surface area contributed by atoms with Gasteiger partial charge in [-0.1, -0.05) is 27.5 Å². The van der Waals surface area contributed by atoms with Crippen molar-refractivity contribution in [2.75, 3.05) is 10.7 Å². The predicted octanol–water partition coefficient (Wildman–Crippen LogP) is 3.23. The molecule has 5 nitrogen and oxygen atoms in total. The number of aromatic nitrogens is 2. The molecule has 7 heteroatoms. The van der Waals surface area contributed by atoms with Gasteiger partial charge < -0.3 is 10.7 Å². The van der Waals surface area contributed by atoms with Crippen LogP contribution in [0.5, 0.6) is 0 Å². The third-order valence-corrected chi connectivity index (χ3v) is 3.23. The molecule has 0 unspecified atom stereocenters. The molecule has 0 fully saturated rings. The second kappa shape index (κ2) is 5.51. The molecule has 18 heavy (non-hydrogen) atoms. The number of nitrogen functional groups attached to an aromatic ring is 1. The average molecular weight is 329 g/mol. The quantitative estimate of drug-likeness (QED) is 0.596. The molecule has 1 aromatic carbocycles. The van der Waals surface area contributed by atoms with Crippen LogP contribution in [-0.2, 0) is 0 Å². The monoisotopic (exact) mass is 327 g/mol. The van der Waals surface area contributed by atoms with E-state index in [1.807, 2.05) is 19.1 Å². The van der Waals surface area contributed by atoms with Gasteiger partial charge in [0, 0.05) is 10.0 Å². The summed E-state index contributed by atoms with van der Waals surface area (Å²) in [5.41, 5.74) is 4.09. The lowest BCUT2D eigenvalue weighted by Gasteiger charge is -2.12. The second-order valence-corrected chi connectivity index (χ2v) is 4.91. The van der Waals surface area contributed by atoms with Crippen LogP contribution in [0.15, 0.2) is 29.0 Å². The number of hydrogen-bond donors (Lipinski definition) is 3. The summed E-state index contributed by atoms with van der Waals surface area (Å²) in [4.78, 5) is 8.17. The van der Waals surface area contributed by atoms with Crippen LogP contribution in [0.2, 0.25) is 5.02 Å². The number of nitrogens with two attached hydrogens (primary N) is 1. The van der Waals surface area contributed by atoms with Crippen molar-refractivity contribution in [2.45, 2.75) is 6.92 Å². The van der Waals surface area contributed by atoms with Gasteiger partial charge in [-0.2, -0.15) is 0 Å². The van der Waals surface area contributed by atoms with Gasteiger partial charge in [0.15, 0.2) is 0 Å². The Hall–Kier alpha value is -1.37. The Labute approximate surface area is 118 Å². The number of nitrogens with one attached hydrogen (secondary N) is 2. The molecule has 0 saturated heterocycles. The SMILES string of the molecule is Cc1c(NN)ncnc1Nc1cc(Br)ccc1Cl. The van der Waals surface area contributed by atoms with E-state index in [1.54, 1.807) is 6.07 Å². The largest absolute Gasteiger partial charge is 0.339 e. The van der Waals surface area contributed by atoms with Gasteiger partial charge in [0.1, 0.15) is 18.0 Å². The molecule has 0 amide bonds. The smallest absolute Gasteiger partial charge is 0.148 e. The van der Waals surface area contributed by atoms with Crippen molar-refractivity contribution in [1.82, 2.24) is 9.97 Å². The summed E-state index contributed by atoms with van der Waals surface area (Å²) in [6.45, 7) is 1.86. The number of halogens is 2. The van der Waals surface area contributed by atoms with Crippen LogP contribution in [-0.4, -0.2) is 9.97 Å². The molecular weight excluding hydrogens is 318 g/mol. The highest BCUT2D eigenvalue weighted by molar-refractivity contribution is 9.10. The number of benzene rings is 1. The number of hydrazine groups is 1. The number of hydrogen-bond acceptors (Lipinski definition) is 5. The molecule has 0 radical (unpaired) electrons. The first kappa shape index (κ1) is 13.1. The number of nitrogens with zero attached hydrogens (tertiary/aromatic N) is 2. The predicted molar refractivity (Wildman–Crippen MR) is 77.0 cm³/mol. The minimum Gasteiger partial charge on any atom is -0.339 e. The molecular formula is C11H11BrClN5. The zero-order valence-corrected chi connectivity index (χ0v) is 11.9. The molecule has 0 aliphatic carbocycles. The van der Waals surface area contributed by atoms with E-state index >= 15 is 0 Å². The van der Waals surface area contributed by atoms with Crippen molar-refractivity contribution in [3.63, 3.8) is 0 Å². The summed E-state index contributed by atoms with van der Waals surface area (Å²) in [7, 11) is 0. The molecule has 0 aliphatic rings. The fraction of sp³-hybridized carbons (Fsp3) is 0.0909. The van der Waals surface area contributed by atoms with Crippen LogP contribution >= 0.6 is 27.5 Å². The van der Waals surface area contributed by atoms with Crippen molar-refractivity contribution in [3.8, 4) is 0 Å². The first-order chi connectivity index (χ1) is 8.61. The van der Waals surface area contributed by atoms with Gasteiger partial charge in [0.2, 0.25) is 0 Å². The van der Waals surface area contributed by atoms with Crippen LogP contribution in [0.3, 0.4) is 0 Å². The second-order valence-electron chi connectivity index (χ2n) is 3.59. The zero-order chi connectivity index (χ0) is 13.1. The minimum atomic E-state index is 0.568. The summed E-state index contributed by atoms with van der Waals surface area (Å²) < 4.78 is 0.929. The Morgan fingerprint density at radius 3 is 2.72 bits per heavy atom. The van der Waals surface area contributed by atoms with E-state index < -0.39 is 0 Å². The highest BCUT2D eigenvalue weighted by Crippen LogP contribution is 2.29. The Morgan fingerprint density at radius 2 is 2.00 bits per heavy atom. The van der Waals surface area contributed by atoms with E-state index in [9.17, 15) is 0 Å². The first-order valence-corrected chi connectivity index (χ1v) is 6.29. The highest BCUT2D eigenvalue weighted by Gasteiger charge is 2.08. The van der Waals surface area contributed by atoms with Crippen molar-refractivity contribution in [3.05, 3.63) is 39.6 Å². The summed E-state index contributed by atoms with van der Waals surface area (Å²) in [5, 5.41) is 3.76. The summed E-state index contributed by atoms with van der Waals surface area (Å²) >= 11 is 9.50. The highest BCUT2D eigenvalue weighted by atomic mass is 79.9. The van der Waals surface area contributed by atoms with Crippen LogP contribution < -0.4 is 16.6 Å². The topological polar surface area (TPSA) is 75.9 Å². The third kappa shape index (κ3) is 2.72. The molecule has 0 atom stereocenters. The van der Waals surface area contributed by atoms with E-state index in [4.69, 9.17) is 17.4 Å². The molecule has 0 aliphatic heterocycles. The van der Waals surface area contributed by atoms with Gasteiger partial charge >= 0.3 is 0 Å². The molecule has 2 aromatic rings. The van der Waals surface area contributed by atoms with E-state index in [1.165, 1.54) is 6.33 Å². The molecule has 0 spiro atoms. The standard InChI is InChI=1S/C11H11BrClN5/c1-6-10(15-5-16-11(6)18-14)17-9-4-7(12)2-3-8(9)13/h2-5H,14H2,1H3,(H2,15,16,17,18). The fourth-order valence-electron chi connectivity index (χ4n) is 1.44. The van der Waals surface area contributed by atoms with Crippen molar-refractivity contribution >= 4 is 44.9 Å². The maximum Gasteiger partial charge on any atom is 0.148 e. The summed E-state index contributed by atoms with van der Waals surface area (Å²) in [6, 6.07) is 5.54. The maximum atomic E-state index is 6.11.